The first-order chi connectivity index (χ1) is 25.2. The van der Waals surface area contributed by atoms with E-state index in [0.29, 0.717) is 6.42 Å². The van der Waals surface area contributed by atoms with Crippen LogP contribution in [0, 0.1) is 0 Å². The van der Waals surface area contributed by atoms with Crippen molar-refractivity contribution in [3.63, 3.8) is 0 Å². The molecule has 2 atom stereocenters. The lowest BCUT2D eigenvalue weighted by molar-refractivity contribution is -0.123. The lowest BCUT2D eigenvalue weighted by atomic mass is 10.0. The minimum Gasteiger partial charge on any atom is -0.394 e. The Hall–Kier alpha value is -2.17. The van der Waals surface area contributed by atoms with E-state index in [-0.39, 0.29) is 12.5 Å². The Kier molecular flexibility index (Phi) is 40.4. The minimum absolute atomic E-state index is 0.0791. The summed E-state index contributed by atoms with van der Waals surface area (Å²) in [5.41, 5.74) is 0. The molecule has 3 N–H and O–H groups in total. The minimum atomic E-state index is -0.860. The van der Waals surface area contributed by atoms with Gasteiger partial charge in [0, 0.05) is 6.42 Å². The summed E-state index contributed by atoms with van der Waals surface area (Å²) >= 11 is 0. The number of aliphatic hydroxyl groups is 2. The van der Waals surface area contributed by atoms with Crippen LogP contribution in [0.25, 0.3) is 0 Å². The average Bonchev–Trinajstić information content (AvgIpc) is 3.13. The summed E-state index contributed by atoms with van der Waals surface area (Å²) in [5.74, 6) is -0.0791. The van der Waals surface area contributed by atoms with E-state index in [2.05, 4.69) is 79.9 Å². The summed E-state index contributed by atoms with van der Waals surface area (Å²) in [7, 11) is 0. The predicted octanol–water partition coefficient (Wildman–Crippen LogP) is 13.5. The lowest BCUT2D eigenvalue weighted by Gasteiger charge is -2.19. The Morgan fingerprint density at radius 2 is 0.882 bits per heavy atom. The molecule has 0 aromatic carbocycles. The van der Waals surface area contributed by atoms with Gasteiger partial charge in [0.2, 0.25) is 5.91 Å². The number of hydrogen-bond acceptors (Lipinski definition) is 3. The second kappa shape index (κ2) is 42.2. The van der Waals surface area contributed by atoms with E-state index in [4.69, 9.17) is 0 Å². The molecule has 0 aliphatic rings. The first-order valence-corrected chi connectivity index (χ1v) is 21.7. The van der Waals surface area contributed by atoms with E-state index in [0.717, 1.165) is 57.8 Å². The van der Waals surface area contributed by atoms with Crippen molar-refractivity contribution in [3.05, 3.63) is 72.9 Å². The number of aliphatic hydroxyl groups excluding tert-OH is 2. The summed E-state index contributed by atoms with van der Waals surface area (Å²) in [6.07, 6.45) is 60.4. The Bertz CT molecular complexity index is 899. The van der Waals surface area contributed by atoms with Gasteiger partial charge < -0.3 is 15.5 Å². The zero-order valence-electron chi connectivity index (χ0n) is 33.6. The smallest absolute Gasteiger partial charge is 0.220 e. The molecule has 4 nitrogen and oxygen atoms in total. The highest BCUT2D eigenvalue weighted by Crippen LogP contribution is 2.15. The highest BCUT2D eigenvalue weighted by molar-refractivity contribution is 5.76. The van der Waals surface area contributed by atoms with Gasteiger partial charge in [-0.25, -0.2) is 0 Å². The largest absolute Gasteiger partial charge is 0.394 e. The molecule has 4 heteroatoms. The Balaban J connectivity index is 3.46. The van der Waals surface area contributed by atoms with Gasteiger partial charge in [-0.2, -0.15) is 0 Å². The predicted molar refractivity (Wildman–Crippen MR) is 225 cm³/mol. The van der Waals surface area contributed by atoms with Crippen LogP contribution in [0.15, 0.2) is 72.9 Å². The van der Waals surface area contributed by atoms with Gasteiger partial charge in [0.1, 0.15) is 0 Å². The fraction of sp³-hybridized carbons (Fsp3) is 0.723. The van der Waals surface area contributed by atoms with E-state index in [1.54, 1.807) is 6.08 Å². The second-order valence-electron chi connectivity index (χ2n) is 14.4. The van der Waals surface area contributed by atoms with Crippen LogP contribution in [0.2, 0.25) is 0 Å². The van der Waals surface area contributed by atoms with E-state index >= 15 is 0 Å². The summed E-state index contributed by atoms with van der Waals surface area (Å²) in [6, 6.07) is -0.637. The van der Waals surface area contributed by atoms with Gasteiger partial charge >= 0.3 is 0 Å². The quantitative estimate of drug-likeness (QED) is 0.0441. The van der Waals surface area contributed by atoms with Gasteiger partial charge in [-0.1, -0.05) is 202 Å². The third-order valence-electron chi connectivity index (χ3n) is 9.42. The third kappa shape index (κ3) is 38.9. The maximum absolute atomic E-state index is 12.3. The number of unbranched alkanes of at least 4 members (excludes halogenated alkanes) is 21. The molecule has 1 amide bonds. The van der Waals surface area contributed by atoms with Gasteiger partial charge in [-0.05, 0) is 64.2 Å². The van der Waals surface area contributed by atoms with Crippen molar-refractivity contribution in [1.29, 1.82) is 0 Å². The molecule has 2 unspecified atom stereocenters. The Morgan fingerprint density at radius 3 is 1.37 bits per heavy atom. The zero-order valence-corrected chi connectivity index (χ0v) is 33.6. The van der Waals surface area contributed by atoms with Crippen LogP contribution in [-0.4, -0.2) is 34.9 Å². The van der Waals surface area contributed by atoms with Gasteiger partial charge in [0.25, 0.3) is 0 Å². The molecule has 0 heterocycles. The molecule has 0 saturated heterocycles. The van der Waals surface area contributed by atoms with Crippen LogP contribution in [0.1, 0.15) is 200 Å². The van der Waals surface area contributed by atoms with Crippen LogP contribution in [0.3, 0.4) is 0 Å². The number of allylic oxidation sites excluding steroid dienone is 11. The van der Waals surface area contributed by atoms with E-state index in [9.17, 15) is 15.0 Å². The van der Waals surface area contributed by atoms with Crippen molar-refractivity contribution in [3.8, 4) is 0 Å². The molecule has 0 saturated carbocycles. The van der Waals surface area contributed by atoms with Gasteiger partial charge in [-0.3, -0.25) is 4.79 Å². The van der Waals surface area contributed by atoms with Crippen LogP contribution < -0.4 is 5.32 Å². The number of amides is 1. The fourth-order valence-electron chi connectivity index (χ4n) is 6.11. The maximum Gasteiger partial charge on any atom is 0.220 e. The van der Waals surface area contributed by atoms with Crippen LogP contribution in [0.4, 0.5) is 0 Å². The zero-order chi connectivity index (χ0) is 37.1. The number of hydrogen-bond donors (Lipinski definition) is 3. The first-order valence-electron chi connectivity index (χ1n) is 21.7. The number of carbonyl (C=O) groups excluding carboxylic acids is 1. The molecule has 0 aliphatic carbocycles. The molecule has 0 radical (unpaired) electrons. The molecule has 0 aliphatic heterocycles. The summed E-state index contributed by atoms with van der Waals surface area (Å²) < 4.78 is 0. The summed E-state index contributed by atoms with van der Waals surface area (Å²) in [5, 5.41) is 22.8. The van der Waals surface area contributed by atoms with Crippen molar-refractivity contribution < 1.29 is 15.0 Å². The van der Waals surface area contributed by atoms with Crippen molar-refractivity contribution in [1.82, 2.24) is 5.32 Å². The van der Waals surface area contributed by atoms with E-state index < -0.39 is 12.1 Å². The molecule has 51 heavy (non-hydrogen) atoms. The normalized spacial score (nSPS) is 13.7. The Morgan fingerprint density at radius 1 is 0.490 bits per heavy atom. The maximum atomic E-state index is 12.3. The molecular formula is C47H83NO3. The topological polar surface area (TPSA) is 69.6 Å². The molecule has 0 fully saturated rings. The molecular weight excluding hydrogens is 627 g/mol. The second-order valence-corrected chi connectivity index (χ2v) is 14.4. The van der Waals surface area contributed by atoms with Crippen LogP contribution >= 0.6 is 0 Å². The monoisotopic (exact) mass is 710 g/mol. The van der Waals surface area contributed by atoms with Crippen LogP contribution in [0.5, 0.6) is 0 Å². The molecule has 0 aromatic rings. The van der Waals surface area contributed by atoms with Crippen molar-refractivity contribution >= 4 is 5.91 Å². The summed E-state index contributed by atoms with van der Waals surface area (Å²) in [4.78, 5) is 12.3. The molecule has 0 spiro atoms. The third-order valence-corrected chi connectivity index (χ3v) is 9.42. The highest BCUT2D eigenvalue weighted by Gasteiger charge is 2.17. The van der Waals surface area contributed by atoms with Gasteiger partial charge in [-0.15, -0.1) is 0 Å². The average molecular weight is 710 g/mol. The first kappa shape index (κ1) is 48.8. The molecule has 294 valence electrons. The van der Waals surface area contributed by atoms with Gasteiger partial charge in [0.15, 0.2) is 0 Å². The molecule has 0 bridgehead atoms. The van der Waals surface area contributed by atoms with Crippen LogP contribution in [-0.2, 0) is 4.79 Å². The molecule has 0 rings (SSSR count). The SMILES string of the molecule is CC/C=C\C/C=C\C/C=C\C/C=C\CCCCCCCCCCCCCCCCCCCCC(=O)NC(CO)C(O)/C=C/CC/C=C/CCCC. The molecule has 0 aromatic heterocycles. The summed E-state index contributed by atoms with van der Waals surface area (Å²) in [6.45, 7) is 4.10. The highest BCUT2D eigenvalue weighted by atomic mass is 16.3. The fourth-order valence-corrected chi connectivity index (χ4v) is 6.11. The van der Waals surface area contributed by atoms with E-state index in [1.165, 1.54) is 122 Å². The standard InChI is InChI=1S/C47H83NO3/c1-3-5-7-9-11-13-14-15-16-17-18-19-20-21-22-23-24-25-26-27-28-29-30-31-32-33-34-35-37-39-41-43-47(51)48-45(44-49)46(50)42-40-38-36-12-10-8-6-4-2/h5,7,10-13,15-16,18-19,40,42,45-46,49-50H,3-4,6,8-9,14,17,20-39,41,43-44H2,1-2H3,(H,48,51)/b7-5-,12-10+,13-11-,16-15-,19-18-,42-40+. The van der Waals surface area contributed by atoms with Crippen molar-refractivity contribution in [2.45, 2.75) is 212 Å². The van der Waals surface area contributed by atoms with E-state index in [1.807, 2.05) is 6.08 Å². The number of nitrogens with one attached hydrogen (secondary N) is 1. The number of rotatable bonds is 38. The number of carbonyl (C=O) groups is 1. The van der Waals surface area contributed by atoms with Crippen molar-refractivity contribution in [2.75, 3.05) is 6.61 Å². The lowest BCUT2D eigenvalue weighted by Crippen LogP contribution is -2.45. The van der Waals surface area contributed by atoms with Crippen molar-refractivity contribution in [2.24, 2.45) is 0 Å². The van der Waals surface area contributed by atoms with Gasteiger partial charge in [0.05, 0.1) is 18.8 Å². The Labute approximate surface area is 317 Å².